The number of carbonyl (C=O) groups excluding carboxylic acids is 1. The summed E-state index contributed by atoms with van der Waals surface area (Å²) in [4.78, 5) is 14.9. The van der Waals surface area contributed by atoms with Crippen molar-refractivity contribution < 1.29 is 9.53 Å². The Morgan fingerprint density at radius 2 is 2.46 bits per heavy atom. The van der Waals surface area contributed by atoms with E-state index in [-0.39, 0.29) is 12.2 Å². The molecule has 0 aromatic carbocycles. The first-order valence-electron chi connectivity index (χ1n) is 4.58. The van der Waals surface area contributed by atoms with Gasteiger partial charge in [0.1, 0.15) is 6.10 Å². The lowest BCUT2D eigenvalue weighted by Crippen LogP contribution is -2.31. The fourth-order valence-electron chi connectivity index (χ4n) is 1.21. The Balaban J connectivity index is 2.28. The third-order valence-corrected chi connectivity index (χ3v) is 2.23. The van der Waals surface area contributed by atoms with E-state index in [0.717, 1.165) is 13.0 Å². The maximum atomic E-state index is 11.3. The number of amides is 1. The number of nitrogens with zero attached hydrogens (tertiary/aromatic N) is 2. The highest BCUT2D eigenvalue weighted by Gasteiger charge is 2.24. The van der Waals surface area contributed by atoms with Gasteiger partial charge in [-0.25, -0.2) is 4.79 Å². The molecule has 13 heavy (non-hydrogen) atoms. The van der Waals surface area contributed by atoms with Gasteiger partial charge in [0, 0.05) is 33.1 Å². The van der Waals surface area contributed by atoms with Crippen molar-refractivity contribution in [3.05, 3.63) is 6.54 Å². The maximum Gasteiger partial charge on any atom is 0.409 e. The van der Waals surface area contributed by atoms with Crippen LogP contribution in [0.15, 0.2) is 0 Å². The summed E-state index contributed by atoms with van der Waals surface area (Å²) in [5.74, 6) is 0. The van der Waals surface area contributed by atoms with Crippen molar-refractivity contribution in [1.82, 2.24) is 9.80 Å². The molecule has 1 amide bonds. The zero-order valence-corrected chi connectivity index (χ0v) is 8.49. The minimum atomic E-state index is -0.226. The molecule has 1 radical (unpaired) electrons. The minimum absolute atomic E-state index is 0.0338. The molecule has 4 heteroatoms. The van der Waals surface area contributed by atoms with E-state index in [1.165, 1.54) is 0 Å². The molecular formula is C9H17N2O2. The number of carbonyl (C=O) groups is 1. The molecular weight excluding hydrogens is 168 g/mol. The van der Waals surface area contributed by atoms with Gasteiger partial charge >= 0.3 is 6.09 Å². The Bertz CT molecular complexity index is 184. The number of rotatable bonds is 2. The summed E-state index contributed by atoms with van der Waals surface area (Å²) in [5, 5.41) is 0. The third kappa shape index (κ3) is 2.88. The molecule has 1 atom stereocenters. The zero-order chi connectivity index (χ0) is 9.84. The topological polar surface area (TPSA) is 32.8 Å². The summed E-state index contributed by atoms with van der Waals surface area (Å²) in [5.41, 5.74) is 0. The Labute approximate surface area is 79.4 Å². The highest BCUT2D eigenvalue weighted by atomic mass is 16.6. The fourth-order valence-corrected chi connectivity index (χ4v) is 1.21. The largest absolute Gasteiger partial charge is 0.445 e. The van der Waals surface area contributed by atoms with Gasteiger partial charge in [0.2, 0.25) is 0 Å². The van der Waals surface area contributed by atoms with E-state index in [1.807, 2.05) is 25.4 Å². The molecule has 0 saturated carbocycles. The molecule has 0 N–H and O–H groups in total. The smallest absolute Gasteiger partial charge is 0.409 e. The molecule has 0 aromatic heterocycles. The second-order valence-electron chi connectivity index (χ2n) is 3.38. The summed E-state index contributed by atoms with van der Waals surface area (Å²) < 4.78 is 5.25. The molecule has 1 saturated heterocycles. The summed E-state index contributed by atoms with van der Waals surface area (Å²) >= 11 is 0. The summed E-state index contributed by atoms with van der Waals surface area (Å²) in [7, 11) is 3.72. The van der Waals surface area contributed by atoms with E-state index < -0.39 is 0 Å². The van der Waals surface area contributed by atoms with Crippen molar-refractivity contribution in [3.63, 3.8) is 0 Å². The lowest BCUT2D eigenvalue weighted by Gasteiger charge is -2.18. The lowest BCUT2D eigenvalue weighted by atomic mass is 10.3. The molecule has 0 aliphatic carbocycles. The van der Waals surface area contributed by atoms with Crippen molar-refractivity contribution in [2.24, 2.45) is 0 Å². The monoisotopic (exact) mass is 185 g/mol. The van der Waals surface area contributed by atoms with Crippen LogP contribution in [0.3, 0.4) is 0 Å². The van der Waals surface area contributed by atoms with E-state index in [0.29, 0.717) is 6.54 Å². The maximum absolute atomic E-state index is 11.3. The molecule has 0 spiro atoms. The SMILES string of the molecule is CCN(C)C(=O)OC1C[CH]N(C)C1. The normalized spacial score (nSPS) is 23.2. The molecule has 0 bridgehead atoms. The van der Waals surface area contributed by atoms with Gasteiger partial charge in [-0.05, 0) is 14.0 Å². The van der Waals surface area contributed by atoms with Gasteiger partial charge in [-0.1, -0.05) is 0 Å². The quantitative estimate of drug-likeness (QED) is 0.642. The van der Waals surface area contributed by atoms with Crippen molar-refractivity contribution >= 4 is 6.09 Å². The van der Waals surface area contributed by atoms with Crippen LogP contribution < -0.4 is 0 Å². The van der Waals surface area contributed by atoms with Crippen molar-refractivity contribution in [2.75, 3.05) is 27.2 Å². The molecule has 1 aliphatic heterocycles. The number of ether oxygens (including phenoxy) is 1. The van der Waals surface area contributed by atoms with Gasteiger partial charge in [-0.3, -0.25) is 4.90 Å². The van der Waals surface area contributed by atoms with E-state index in [1.54, 1.807) is 11.9 Å². The van der Waals surface area contributed by atoms with Crippen LogP contribution in [0.1, 0.15) is 13.3 Å². The van der Waals surface area contributed by atoms with Crippen molar-refractivity contribution in [3.8, 4) is 0 Å². The van der Waals surface area contributed by atoms with Crippen LogP contribution in [0.2, 0.25) is 0 Å². The average molecular weight is 185 g/mol. The summed E-state index contributed by atoms with van der Waals surface area (Å²) in [6.45, 7) is 5.46. The van der Waals surface area contributed by atoms with Crippen LogP contribution in [-0.4, -0.2) is 49.2 Å². The van der Waals surface area contributed by atoms with Gasteiger partial charge in [-0.15, -0.1) is 0 Å². The Morgan fingerprint density at radius 3 is 2.92 bits per heavy atom. The number of hydrogen-bond donors (Lipinski definition) is 0. The van der Waals surface area contributed by atoms with Gasteiger partial charge in [-0.2, -0.15) is 0 Å². The van der Waals surface area contributed by atoms with Crippen LogP contribution in [0, 0.1) is 6.54 Å². The van der Waals surface area contributed by atoms with Crippen molar-refractivity contribution in [1.29, 1.82) is 0 Å². The van der Waals surface area contributed by atoms with E-state index in [2.05, 4.69) is 0 Å². The van der Waals surface area contributed by atoms with Crippen LogP contribution in [0.4, 0.5) is 4.79 Å². The molecule has 1 aliphatic rings. The zero-order valence-electron chi connectivity index (χ0n) is 8.49. The van der Waals surface area contributed by atoms with Gasteiger partial charge in [0.05, 0.1) is 0 Å². The molecule has 1 unspecified atom stereocenters. The van der Waals surface area contributed by atoms with Gasteiger partial charge in [0.25, 0.3) is 0 Å². The predicted molar refractivity (Wildman–Crippen MR) is 50.1 cm³/mol. The molecule has 1 rings (SSSR count). The predicted octanol–water partition coefficient (Wildman–Crippen LogP) is 0.941. The Hall–Kier alpha value is -0.770. The first kappa shape index (κ1) is 10.3. The van der Waals surface area contributed by atoms with Crippen LogP contribution in [-0.2, 0) is 4.74 Å². The van der Waals surface area contributed by atoms with E-state index >= 15 is 0 Å². The lowest BCUT2D eigenvalue weighted by molar-refractivity contribution is 0.0747. The molecule has 1 fully saturated rings. The first-order valence-corrected chi connectivity index (χ1v) is 4.58. The van der Waals surface area contributed by atoms with Crippen molar-refractivity contribution in [2.45, 2.75) is 19.4 Å². The molecule has 0 aromatic rings. The van der Waals surface area contributed by atoms with E-state index in [4.69, 9.17) is 4.74 Å². The highest BCUT2D eigenvalue weighted by Crippen LogP contribution is 2.14. The minimum Gasteiger partial charge on any atom is -0.445 e. The third-order valence-electron chi connectivity index (χ3n) is 2.23. The summed E-state index contributed by atoms with van der Waals surface area (Å²) in [6.07, 6.45) is 0.641. The number of likely N-dealkylation sites (N-methyl/N-ethyl adjacent to an activating group) is 1. The molecule has 4 nitrogen and oxygen atoms in total. The van der Waals surface area contributed by atoms with E-state index in [9.17, 15) is 4.79 Å². The van der Waals surface area contributed by atoms with Crippen LogP contribution in [0.25, 0.3) is 0 Å². The number of likely N-dealkylation sites (tertiary alicyclic amines) is 1. The fraction of sp³-hybridized carbons (Fsp3) is 0.778. The highest BCUT2D eigenvalue weighted by molar-refractivity contribution is 5.67. The Morgan fingerprint density at radius 1 is 1.77 bits per heavy atom. The second-order valence-corrected chi connectivity index (χ2v) is 3.38. The summed E-state index contributed by atoms with van der Waals surface area (Å²) in [6, 6.07) is 0. The van der Waals surface area contributed by atoms with Crippen LogP contribution in [0.5, 0.6) is 0 Å². The molecule has 75 valence electrons. The van der Waals surface area contributed by atoms with Gasteiger partial charge in [0.15, 0.2) is 0 Å². The number of hydrogen-bond acceptors (Lipinski definition) is 3. The first-order chi connectivity index (χ1) is 6.13. The second kappa shape index (κ2) is 4.46. The standard InChI is InChI=1S/C9H17N2O2/c1-4-11(3)9(12)13-8-5-6-10(2)7-8/h6,8H,4-5,7H2,1-3H3. The molecule has 1 heterocycles. The Kier molecular flexibility index (Phi) is 3.54. The van der Waals surface area contributed by atoms with Crippen LogP contribution >= 0.6 is 0 Å². The average Bonchev–Trinajstić information content (AvgIpc) is 2.49. The van der Waals surface area contributed by atoms with Gasteiger partial charge < -0.3 is 9.64 Å².